The van der Waals surface area contributed by atoms with E-state index in [1.807, 2.05) is 50.4 Å². The molecule has 0 aliphatic carbocycles. The molecule has 1 aromatic heterocycles. The summed E-state index contributed by atoms with van der Waals surface area (Å²) in [7, 11) is 3.44. The lowest BCUT2D eigenvalue weighted by Gasteiger charge is -2.15. The molecule has 0 fully saturated rings. The second kappa shape index (κ2) is 10.3. The molecule has 0 bridgehead atoms. The van der Waals surface area contributed by atoms with E-state index in [0.717, 1.165) is 47.2 Å². The molecule has 1 heterocycles. The van der Waals surface area contributed by atoms with E-state index < -0.39 is 0 Å². The summed E-state index contributed by atoms with van der Waals surface area (Å²) in [4.78, 5) is 8.73. The Labute approximate surface area is 155 Å². The molecule has 0 amide bonds. The number of guanidine groups is 1. The monoisotopic (exact) mass is 356 g/mol. The van der Waals surface area contributed by atoms with Crippen LogP contribution in [0.1, 0.15) is 23.2 Å². The van der Waals surface area contributed by atoms with Crippen molar-refractivity contribution in [2.75, 3.05) is 27.3 Å². The average molecular weight is 356 g/mol. The molecule has 0 radical (unpaired) electrons. The molecule has 2 rings (SSSR count). The Balaban J connectivity index is 1.74. The van der Waals surface area contributed by atoms with Gasteiger partial charge in [0.05, 0.1) is 26.0 Å². The first-order chi connectivity index (χ1) is 12.7. The summed E-state index contributed by atoms with van der Waals surface area (Å²) in [5, 5.41) is 6.57. The van der Waals surface area contributed by atoms with Gasteiger partial charge in [0.2, 0.25) is 0 Å². The molecule has 0 unspecified atom stereocenters. The number of ether oxygens (including phenoxy) is 2. The predicted molar refractivity (Wildman–Crippen MR) is 105 cm³/mol. The van der Waals surface area contributed by atoms with Gasteiger partial charge >= 0.3 is 0 Å². The van der Waals surface area contributed by atoms with E-state index in [1.165, 1.54) is 0 Å². The van der Waals surface area contributed by atoms with Crippen molar-refractivity contribution in [2.45, 2.75) is 26.8 Å². The number of hydrogen-bond donors (Lipinski definition) is 2. The summed E-state index contributed by atoms with van der Waals surface area (Å²) >= 11 is 0. The van der Waals surface area contributed by atoms with E-state index >= 15 is 0 Å². The fourth-order valence-corrected chi connectivity index (χ4v) is 2.62. The maximum Gasteiger partial charge on any atom is 0.191 e. The van der Waals surface area contributed by atoms with Crippen molar-refractivity contribution in [1.82, 2.24) is 15.6 Å². The maximum absolute atomic E-state index is 5.68. The first kappa shape index (κ1) is 19.6. The molecule has 0 spiro atoms. The van der Waals surface area contributed by atoms with Crippen molar-refractivity contribution >= 4 is 5.96 Å². The number of aryl methyl sites for hydroxylation is 1. The lowest BCUT2D eigenvalue weighted by atomic mass is 10.1. The van der Waals surface area contributed by atoms with Gasteiger partial charge in [-0.3, -0.25) is 9.98 Å². The summed E-state index contributed by atoms with van der Waals surface area (Å²) in [6.07, 6.45) is 2.71. The van der Waals surface area contributed by atoms with Gasteiger partial charge in [-0.05, 0) is 32.4 Å². The van der Waals surface area contributed by atoms with E-state index in [1.54, 1.807) is 14.2 Å². The minimum atomic E-state index is 0.586. The van der Waals surface area contributed by atoms with Gasteiger partial charge in [0.25, 0.3) is 0 Å². The van der Waals surface area contributed by atoms with E-state index in [2.05, 4.69) is 20.6 Å². The largest absolute Gasteiger partial charge is 0.496 e. The zero-order valence-electron chi connectivity index (χ0n) is 16.0. The highest BCUT2D eigenvalue weighted by Crippen LogP contribution is 2.23. The van der Waals surface area contributed by atoms with E-state index in [0.29, 0.717) is 13.2 Å². The van der Waals surface area contributed by atoms with Crippen LogP contribution in [0.5, 0.6) is 11.5 Å². The Morgan fingerprint density at radius 3 is 2.62 bits per heavy atom. The highest BCUT2D eigenvalue weighted by Gasteiger charge is 2.09. The van der Waals surface area contributed by atoms with Gasteiger partial charge in [-0.2, -0.15) is 0 Å². The molecule has 0 aliphatic rings. The maximum atomic E-state index is 5.68. The Bertz CT molecular complexity index is 717. The topological polar surface area (TPSA) is 67.8 Å². The zero-order valence-corrected chi connectivity index (χ0v) is 16.0. The molecule has 0 aliphatic heterocycles. The average Bonchev–Trinajstić information content (AvgIpc) is 2.66. The second-order valence-corrected chi connectivity index (χ2v) is 5.91. The number of rotatable bonds is 8. The first-order valence-corrected chi connectivity index (χ1v) is 8.77. The predicted octanol–water partition coefficient (Wildman–Crippen LogP) is 2.84. The molecule has 6 heteroatoms. The van der Waals surface area contributed by atoms with Crippen LogP contribution in [-0.2, 0) is 6.54 Å². The lowest BCUT2D eigenvalue weighted by molar-refractivity contribution is 0.311. The van der Waals surface area contributed by atoms with Crippen LogP contribution < -0.4 is 20.1 Å². The third-order valence-corrected chi connectivity index (χ3v) is 4.02. The molecule has 2 aromatic rings. The number of methoxy groups -OCH3 is 1. The minimum Gasteiger partial charge on any atom is -0.496 e. The molecule has 0 saturated carbocycles. The Kier molecular flexibility index (Phi) is 7.74. The number of para-hydroxylation sites is 1. The Morgan fingerprint density at radius 1 is 1.15 bits per heavy atom. The van der Waals surface area contributed by atoms with E-state index in [4.69, 9.17) is 9.47 Å². The van der Waals surface area contributed by atoms with Crippen molar-refractivity contribution in [1.29, 1.82) is 0 Å². The molecule has 0 atom stereocenters. The second-order valence-electron chi connectivity index (χ2n) is 5.91. The van der Waals surface area contributed by atoms with Crippen LogP contribution in [-0.4, -0.2) is 38.3 Å². The van der Waals surface area contributed by atoms with Crippen LogP contribution >= 0.6 is 0 Å². The normalized spacial score (nSPS) is 11.2. The van der Waals surface area contributed by atoms with Crippen LogP contribution in [0.15, 0.2) is 41.5 Å². The van der Waals surface area contributed by atoms with Crippen LogP contribution in [0.25, 0.3) is 0 Å². The fourth-order valence-electron chi connectivity index (χ4n) is 2.62. The Morgan fingerprint density at radius 2 is 1.92 bits per heavy atom. The van der Waals surface area contributed by atoms with Crippen molar-refractivity contribution in [3.8, 4) is 11.5 Å². The minimum absolute atomic E-state index is 0.586. The third kappa shape index (κ3) is 5.65. The SMILES string of the molecule is CN=C(NCCCOc1ccccc1)NCc1ncc(C)c(OC)c1C. The molecular formula is C20H28N4O2. The van der Waals surface area contributed by atoms with Gasteiger partial charge < -0.3 is 20.1 Å². The fraction of sp³-hybridized carbons (Fsp3) is 0.400. The summed E-state index contributed by atoms with van der Waals surface area (Å²) in [6.45, 7) is 6.03. The summed E-state index contributed by atoms with van der Waals surface area (Å²) < 4.78 is 11.1. The van der Waals surface area contributed by atoms with Crippen molar-refractivity contribution in [2.24, 2.45) is 4.99 Å². The van der Waals surface area contributed by atoms with Gasteiger partial charge in [0.1, 0.15) is 11.5 Å². The third-order valence-electron chi connectivity index (χ3n) is 4.02. The molecular weight excluding hydrogens is 328 g/mol. The molecule has 140 valence electrons. The summed E-state index contributed by atoms with van der Waals surface area (Å²) in [6, 6.07) is 9.83. The molecule has 26 heavy (non-hydrogen) atoms. The number of aliphatic imine (C=N–C) groups is 1. The summed E-state index contributed by atoms with van der Waals surface area (Å²) in [5.74, 6) is 2.52. The van der Waals surface area contributed by atoms with E-state index in [9.17, 15) is 0 Å². The smallest absolute Gasteiger partial charge is 0.191 e. The van der Waals surface area contributed by atoms with Crippen LogP contribution in [0.3, 0.4) is 0 Å². The number of nitrogens with one attached hydrogen (secondary N) is 2. The first-order valence-electron chi connectivity index (χ1n) is 8.77. The van der Waals surface area contributed by atoms with Crippen LogP contribution in [0.2, 0.25) is 0 Å². The van der Waals surface area contributed by atoms with Gasteiger partial charge in [0.15, 0.2) is 5.96 Å². The molecule has 2 N–H and O–H groups in total. The number of pyridine rings is 1. The Hall–Kier alpha value is -2.76. The van der Waals surface area contributed by atoms with Crippen LogP contribution in [0, 0.1) is 13.8 Å². The van der Waals surface area contributed by atoms with Crippen molar-refractivity contribution in [3.05, 3.63) is 53.3 Å². The molecule has 0 saturated heterocycles. The molecule has 1 aromatic carbocycles. The molecule has 6 nitrogen and oxygen atoms in total. The standard InChI is InChI=1S/C20H28N4O2/c1-15-13-23-18(16(2)19(15)25-4)14-24-20(21-3)22-11-8-12-26-17-9-6-5-7-10-17/h5-7,9-10,13H,8,11-12,14H2,1-4H3,(H2,21,22,24). The lowest BCUT2D eigenvalue weighted by Crippen LogP contribution is -2.38. The van der Waals surface area contributed by atoms with Crippen molar-refractivity contribution < 1.29 is 9.47 Å². The summed E-state index contributed by atoms with van der Waals surface area (Å²) in [5.41, 5.74) is 3.03. The van der Waals surface area contributed by atoms with Crippen LogP contribution in [0.4, 0.5) is 0 Å². The number of aromatic nitrogens is 1. The highest BCUT2D eigenvalue weighted by molar-refractivity contribution is 5.79. The van der Waals surface area contributed by atoms with Gasteiger partial charge in [-0.15, -0.1) is 0 Å². The van der Waals surface area contributed by atoms with Gasteiger partial charge in [-0.25, -0.2) is 0 Å². The highest BCUT2D eigenvalue weighted by atomic mass is 16.5. The van der Waals surface area contributed by atoms with Gasteiger partial charge in [0, 0.05) is 30.9 Å². The number of nitrogens with zero attached hydrogens (tertiary/aromatic N) is 2. The number of hydrogen-bond acceptors (Lipinski definition) is 4. The van der Waals surface area contributed by atoms with E-state index in [-0.39, 0.29) is 0 Å². The quantitative estimate of drug-likeness (QED) is 0.432. The zero-order chi connectivity index (χ0) is 18.8. The van der Waals surface area contributed by atoms with Crippen molar-refractivity contribution in [3.63, 3.8) is 0 Å². The number of benzene rings is 1. The van der Waals surface area contributed by atoms with Gasteiger partial charge in [-0.1, -0.05) is 18.2 Å².